The van der Waals surface area contributed by atoms with Gasteiger partial charge in [0.05, 0.1) is 17.1 Å². The molecule has 8 aliphatic rings. The summed E-state index contributed by atoms with van der Waals surface area (Å²) in [5.41, 5.74) is 0.518. The number of fused-ring (bicyclic) bond motifs is 4. The Morgan fingerprint density at radius 3 is 2.55 bits per heavy atom. The van der Waals surface area contributed by atoms with E-state index >= 15 is 0 Å². The highest BCUT2D eigenvalue weighted by atomic mass is 16.8. The quantitative estimate of drug-likeness (QED) is 0.274. The van der Waals surface area contributed by atoms with Crippen molar-refractivity contribution >= 4 is 10.9 Å². The molecule has 4 N–H and O–H groups in total. The van der Waals surface area contributed by atoms with Gasteiger partial charge < -0.3 is 44.0 Å². The summed E-state index contributed by atoms with van der Waals surface area (Å²) in [5, 5.41) is 38.5. The first-order valence-electron chi connectivity index (χ1n) is 17.4. The fraction of sp³-hybridized carbons (Fsp3) is 0.684. The number of aliphatic hydroxyl groups excluding tert-OH is 1. The Kier molecular flexibility index (Phi) is 5.24. The molecule has 9 nitrogen and oxygen atoms in total. The van der Waals surface area contributed by atoms with Crippen molar-refractivity contribution in [2.75, 3.05) is 7.11 Å². The van der Waals surface area contributed by atoms with E-state index in [4.69, 9.17) is 23.7 Å². The lowest BCUT2D eigenvalue weighted by molar-refractivity contribution is -0.413. The molecule has 13 atom stereocenters. The first-order chi connectivity index (χ1) is 22.1. The van der Waals surface area contributed by atoms with Crippen molar-refractivity contribution in [2.24, 2.45) is 17.3 Å². The van der Waals surface area contributed by atoms with Crippen LogP contribution in [0.4, 0.5) is 0 Å². The monoisotopic (exact) mass is 645 g/mol. The van der Waals surface area contributed by atoms with Crippen LogP contribution in [-0.2, 0) is 41.1 Å². The van der Waals surface area contributed by atoms with Crippen molar-refractivity contribution < 1.29 is 39.0 Å². The van der Waals surface area contributed by atoms with Crippen LogP contribution in [0, 0.1) is 17.3 Å². The van der Waals surface area contributed by atoms with Crippen molar-refractivity contribution in [3.8, 4) is 0 Å². The summed E-state index contributed by atoms with van der Waals surface area (Å²) in [6.45, 7) is 18.8. The number of benzene rings is 1. The molecule has 5 heterocycles. The number of hydrogen-bond acceptors (Lipinski definition) is 8. The van der Waals surface area contributed by atoms with Crippen LogP contribution in [0.15, 0.2) is 36.4 Å². The highest BCUT2D eigenvalue weighted by Crippen LogP contribution is 2.77. The molecule has 2 saturated heterocycles. The van der Waals surface area contributed by atoms with Crippen LogP contribution in [0.3, 0.4) is 0 Å². The van der Waals surface area contributed by atoms with Crippen molar-refractivity contribution in [3.05, 3.63) is 58.8 Å². The van der Waals surface area contributed by atoms with E-state index in [1.807, 2.05) is 6.92 Å². The third kappa shape index (κ3) is 2.80. The van der Waals surface area contributed by atoms with E-state index in [-0.39, 0.29) is 17.9 Å². The van der Waals surface area contributed by atoms with E-state index in [0.717, 1.165) is 57.3 Å². The van der Waals surface area contributed by atoms with Gasteiger partial charge in [-0.15, -0.1) is 0 Å². The van der Waals surface area contributed by atoms with E-state index in [2.05, 4.69) is 58.0 Å². The molecule has 0 radical (unpaired) electrons. The van der Waals surface area contributed by atoms with Gasteiger partial charge in [-0.2, -0.15) is 0 Å². The fourth-order valence-corrected chi connectivity index (χ4v) is 12.7. The Hall–Kier alpha value is -2.08. The smallest absolute Gasteiger partial charge is 0.190 e. The van der Waals surface area contributed by atoms with Crippen LogP contribution >= 0.6 is 0 Å². The highest BCUT2D eigenvalue weighted by Gasteiger charge is 2.88. The summed E-state index contributed by atoms with van der Waals surface area (Å²) in [6, 6.07) is 4.24. The molecule has 1 aromatic heterocycles. The molecule has 47 heavy (non-hydrogen) atoms. The fourth-order valence-electron chi connectivity index (χ4n) is 12.7. The van der Waals surface area contributed by atoms with E-state index in [1.54, 1.807) is 7.11 Å². The maximum atomic E-state index is 13.3. The van der Waals surface area contributed by atoms with Crippen molar-refractivity contribution in [1.82, 2.24) is 4.98 Å². The number of epoxide rings is 1. The van der Waals surface area contributed by atoms with Gasteiger partial charge in [-0.05, 0) is 82.6 Å². The van der Waals surface area contributed by atoms with Crippen LogP contribution in [0.25, 0.3) is 10.9 Å². The molecule has 9 heteroatoms. The lowest BCUT2D eigenvalue weighted by atomic mass is 9.39. The number of ether oxygens (including phenoxy) is 5. The Labute approximate surface area is 275 Å². The molecule has 4 aliphatic carbocycles. The number of aliphatic hydroxyl groups is 3. The molecule has 252 valence electrons. The molecule has 0 amide bonds. The largest absolute Gasteiger partial charge is 0.387 e. The molecule has 4 aliphatic heterocycles. The maximum absolute atomic E-state index is 13.3. The highest BCUT2D eigenvalue weighted by molar-refractivity contribution is 5.92. The number of methoxy groups -OCH3 is 1. The Morgan fingerprint density at radius 2 is 1.83 bits per heavy atom. The zero-order valence-corrected chi connectivity index (χ0v) is 28.2. The topological polar surface area (TPSA) is 126 Å². The summed E-state index contributed by atoms with van der Waals surface area (Å²) in [7, 11) is 1.70. The number of H-pyrrole nitrogens is 1. The molecule has 10 rings (SSSR count). The minimum absolute atomic E-state index is 0.0369. The maximum Gasteiger partial charge on any atom is 0.190 e. The third-order valence-corrected chi connectivity index (χ3v) is 15.3. The van der Waals surface area contributed by atoms with Gasteiger partial charge in [-0.25, -0.2) is 0 Å². The van der Waals surface area contributed by atoms with Gasteiger partial charge in [0.1, 0.15) is 29.5 Å². The van der Waals surface area contributed by atoms with E-state index in [0.29, 0.717) is 25.7 Å². The van der Waals surface area contributed by atoms with E-state index < -0.39 is 63.6 Å². The van der Waals surface area contributed by atoms with Crippen molar-refractivity contribution in [1.29, 1.82) is 0 Å². The number of aromatic amines is 1. The first-order valence-corrected chi connectivity index (χ1v) is 17.4. The van der Waals surface area contributed by atoms with Crippen molar-refractivity contribution in [3.63, 3.8) is 0 Å². The Balaban J connectivity index is 1.23. The standard InChI is InChI=1S/C38H47NO8/c1-17(2)28-27(40)30-38(45-30)23(44-28)11-12-33(6)34(7)29-25-24-21(39-29)10-9-19-15-18(3)20-16-22(37(20,42)26(19)24)32(4,5)46-31(25)47-36(34,43-8)14-13-35(33,38)41/h9-10,20,22-23,27-28,30-31,39-42H,1,3,11-16H2,2,4-8H3. The predicted molar refractivity (Wildman–Crippen MR) is 171 cm³/mol. The van der Waals surface area contributed by atoms with Crippen LogP contribution in [0.5, 0.6) is 0 Å². The molecular formula is C38H47NO8. The second kappa shape index (κ2) is 8.27. The first kappa shape index (κ1) is 29.8. The summed E-state index contributed by atoms with van der Waals surface area (Å²) in [4.78, 5) is 3.85. The van der Waals surface area contributed by atoms with Gasteiger partial charge in [0.25, 0.3) is 0 Å². The zero-order valence-electron chi connectivity index (χ0n) is 28.2. The summed E-state index contributed by atoms with van der Waals surface area (Å²) >= 11 is 0. The number of nitrogens with one attached hydrogen (secondary N) is 1. The molecule has 2 aromatic rings. The summed E-state index contributed by atoms with van der Waals surface area (Å²) in [5.74, 6) is -1.34. The Morgan fingerprint density at radius 1 is 1.06 bits per heavy atom. The van der Waals surface area contributed by atoms with Gasteiger partial charge in [0, 0.05) is 52.9 Å². The zero-order chi connectivity index (χ0) is 33.1. The van der Waals surface area contributed by atoms with Gasteiger partial charge in [0.15, 0.2) is 17.7 Å². The third-order valence-electron chi connectivity index (χ3n) is 15.3. The average molecular weight is 646 g/mol. The van der Waals surface area contributed by atoms with Crippen LogP contribution < -0.4 is 0 Å². The van der Waals surface area contributed by atoms with E-state index in [1.165, 1.54) is 0 Å². The number of aromatic nitrogens is 1. The number of hydrogen-bond donors (Lipinski definition) is 4. The van der Waals surface area contributed by atoms with Gasteiger partial charge in [-0.1, -0.05) is 31.7 Å². The average Bonchev–Trinajstić information content (AvgIpc) is 3.65. The molecule has 1 aromatic carbocycles. The normalized spacial score (nSPS) is 52.6. The lowest BCUT2D eigenvalue weighted by Crippen LogP contribution is -2.81. The van der Waals surface area contributed by atoms with Crippen LogP contribution in [0.2, 0.25) is 0 Å². The Bertz CT molecular complexity index is 1830. The van der Waals surface area contributed by atoms with Crippen LogP contribution in [0.1, 0.15) is 95.4 Å². The second-order valence-electron chi connectivity index (χ2n) is 17.1. The van der Waals surface area contributed by atoms with Crippen molar-refractivity contribution in [2.45, 2.75) is 137 Å². The minimum Gasteiger partial charge on any atom is -0.387 e. The van der Waals surface area contributed by atoms with E-state index in [9.17, 15) is 15.3 Å². The second-order valence-corrected chi connectivity index (χ2v) is 17.1. The molecule has 1 spiro atoms. The SMILES string of the molecule is C=C(C)C1OC2CCC3(C)C(O)(CCC4(OC)OC5OC(C)(C)C6CC7C(=C)Cc8ccc9[nH]c(c5c9c8C76O)C43C)C23OC3C1O. The van der Waals surface area contributed by atoms with Gasteiger partial charge in [-0.3, -0.25) is 0 Å². The van der Waals surface area contributed by atoms with Crippen LogP contribution in [-0.4, -0.2) is 74.4 Å². The molecule has 5 fully saturated rings. The lowest BCUT2D eigenvalue weighted by Gasteiger charge is -2.71. The van der Waals surface area contributed by atoms with Gasteiger partial charge in [0.2, 0.25) is 0 Å². The number of rotatable bonds is 2. The predicted octanol–water partition coefficient (Wildman–Crippen LogP) is 4.71. The molecule has 3 saturated carbocycles. The van der Waals surface area contributed by atoms with Gasteiger partial charge >= 0.3 is 0 Å². The minimum atomic E-state index is -1.38. The molecule has 13 unspecified atom stereocenters. The summed E-state index contributed by atoms with van der Waals surface area (Å²) in [6.07, 6.45) is 0.304. The molecule has 0 bridgehead atoms. The molecular weight excluding hydrogens is 598 g/mol. The summed E-state index contributed by atoms with van der Waals surface area (Å²) < 4.78 is 33.9.